The SMILES string of the molecule is CCCC[C@@H](COC(=O)N(CC1CC1)CC1CC1)NC(=O)OC(C)(C)C. The van der Waals surface area contributed by atoms with E-state index in [1.807, 2.05) is 25.7 Å². The first-order chi connectivity index (χ1) is 12.3. The molecule has 2 aliphatic rings. The molecule has 0 aromatic carbocycles. The van der Waals surface area contributed by atoms with Crippen LogP contribution in [0, 0.1) is 11.8 Å². The molecule has 0 unspecified atom stereocenters. The van der Waals surface area contributed by atoms with Crippen LogP contribution < -0.4 is 5.32 Å². The first-order valence-electron chi connectivity index (χ1n) is 10.2. The molecule has 0 bridgehead atoms. The van der Waals surface area contributed by atoms with Gasteiger partial charge in [-0.2, -0.15) is 0 Å². The molecular formula is C20H36N2O4. The predicted octanol–water partition coefficient (Wildman–Crippen LogP) is 4.33. The Labute approximate surface area is 158 Å². The van der Waals surface area contributed by atoms with Gasteiger partial charge in [-0.1, -0.05) is 19.8 Å². The minimum atomic E-state index is -0.540. The summed E-state index contributed by atoms with van der Waals surface area (Å²) in [6, 6.07) is -0.211. The molecule has 2 aliphatic carbocycles. The van der Waals surface area contributed by atoms with Crippen molar-refractivity contribution in [2.75, 3.05) is 19.7 Å². The highest BCUT2D eigenvalue weighted by Gasteiger charge is 2.32. The van der Waals surface area contributed by atoms with Crippen molar-refractivity contribution in [1.29, 1.82) is 0 Å². The Kier molecular flexibility index (Phi) is 7.59. The first-order valence-corrected chi connectivity index (χ1v) is 10.2. The van der Waals surface area contributed by atoms with Crippen LogP contribution in [0.3, 0.4) is 0 Å². The van der Waals surface area contributed by atoms with E-state index in [0.29, 0.717) is 11.8 Å². The van der Waals surface area contributed by atoms with Gasteiger partial charge in [0, 0.05) is 13.1 Å². The van der Waals surface area contributed by atoms with E-state index in [4.69, 9.17) is 9.47 Å². The van der Waals surface area contributed by atoms with Crippen LogP contribution in [0.15, 0.2) is 0 Å². The van der Waals surface area contributed by atoms with Gasteiger partial charge in [-0.15, -0.1) is 0 Å². The smallest absolute Gasteiger partial charge is 0.409 e. The topological polar surface area (TPSA) is 67.9 Å². The maximum atomic E-state index is 12.5. The van der Waals surface area contributed by atoms with Crippen molar-refractivity contribution in [3.05, 3.63) is 0 Å². The lowest BCUT2D eigenvalue weighted by molar-refractivity contribution is 0.0444. The lowest BCUT2D eigenvalue weighted by Gasteiger charge is -2.26. The summed E-state index contributed by atoms with van der Waals surface area (Å²) in [7, 11) is 0. The Morgan fingerprint density at radius 3 is 2.15 bits per heavy atom. The van der Waals surface area contributed by atoms with Gasteiger partial charge in [-0.05, 0) is 64.7 Å². The molecule has 2 fully saturated rings. The predicted molar refractivity (Wildman–Crippen MR) is 101 cm³/mol. The van der Waals surface area contributed by atoms with Gasteiger partial charge in [0.1, 0.15) is 12.2 Å². The number of hydrogen-bond donors (Lipinski definition) is 1. The molecule has 0 aromatic heterocycles. The van der Waals surface area contributed by atoms with E-state index in [9.17, 15) is 9.59 Å². The van der Waals surface area contributed by atoms with Gasteiger partial charge < -0.3 is 19.7 Å². The Morgan fingerprint density at radius 2 is 1.69 bits per heavy atom. The first kappa shape index (κ1) is 20.8. The van der Waals surface area contributed by atoms with Crippen LogP contribution in [-0.2, 0) is 9.47 Å². The fourth-order valence-electron chi connectivity index (χ4n) is 2.83. The van der Waals surface area contributed by atoms with Gasteiger partial charge in [0.05, 0.1) is 6.04 Å². The van der Waals surface area contributed by atoms with Gasteiger partial charge in [-0.3, -0.25) is 0 Å². The summed E-state index contributed by atoms with van der Waals surface area (Å²) in [6.07, 6.45) is 6.93. The highest BCUT2D eigenvalue weighted by molar-refractivity contribution is 5.69. The summed E-state index contributed by atoms with van der Waals surface area (Å²) in [4.78, 5) is 26.4. The number of ether oxygens (including phenoxy) is 2. The zero-order valence-corrected chi connectivity index (χ0v) is 16.9. The number of hydrogen-bond acceptors (Lipinski definition) is 4. The van der Waals surface area contributed by atoms with E-state index < -0.39 is 11.7 Å². The molecule has 2 amide bonds. The molecule has 2 rings (SSSR count). The van der Waals surface area contributed by atoms with Crippen molar-refractivity contribution >= 4 is 12.2 Å². The molecular weight excluding hydrogens is 332 g/mol. The molecule has 1 N–H and O–H groups in total. The van der Waals surface area contributed by atoms with E-state index in [1.54, 1.807) is 0 Å². The van der Waals surface area contributed by atoms with Gasteiger partial charge in [-0.25, -0.2) is 9.59 Å². The minimum Gasteiger partial charge on any atom is -0.447 e. The van der Waals surface area contributed by atoms with Crippen LogP contribution in [0.5, 0.6) is 0 Å². The molecule has 150 valence electrons. The summed E-state index contributed by atoms with van der Waals surface area (Å²) in [5, 5.41) is 2.85. The third-order valence-corrected chi connectivity index (χ3v) is 4.64. The standard InChI is InChI=1S/C20H36N2O4/c1-5-6-7-17(21-18(23)26-20(2,3)4)14-25-19(24)22(12-15-8-9-15)13-16-10-11-16/h15-17H,5-14H2,1-4H3,(H,21,23)/t17-/m0/s1. The number of nitrogens with one attached hydrogen (secondary N) is 1. The van der Waals surface area contributed by atoms with E-state index in [2.05, 4.69) is 12.2 Å². The lowest BCUT2D eigenvalue weighted by atomic mass is 10.1. The van der Waals surface area contributed by atoms with E-state index in [1.165, 1.54) is 25.7 Å². The minimum absolute atomic E-state index is 0.198. The van der Waals surface area contributed by atoms with Crippen LogP contribution in [0.1, 0.15) is 72.6 Å². The summed E-state index contributed by atoms with van der Waals surface area (Å²) >= 11 is 0. The number of carbonyl (C=O) groups excluding carboxylic acids is 2. The summed E-state index contributed by atoms with van der Waals surface area (Å²) in [6.45, 7) is 9.43. The van der Waals surface area contributed by atoms with Crippen molar-refractivity contribution < 1.29 is 19.1 Å². The largest absolute Gasteiger partial charge is 0.447 e. The van der Waals surface area contributed by atoms with Gasteiger partial charge in [0.2, 0.25) is 0 Å². The second kappa shape index (κ2) is 9.47. The number of unbranched alkanes of at least 4 members (excludes halogenated alkanes) is 1. The molecule has 26 heavy (non-hydrogen) atoms. The Balaban J connectivity index is 1.80. The zero-order chi connectivity index (χ0) is 19.2. The Hall–Kier alpha value is -1.46. The summed E-state index contributed by atoms with van der Waals surface area (Å²) in [5.41, 5.74) is -0.540. The van der Waals surface area contributed by atoms with Crippen molar-refractivity contribution in [2.45, 2.75) is 84.3 Å². The highest BCUT2D eigenvalue weighted by atomic mass is 16.6. The zero-order valence-electron chi connectivity index (χ0n) is 16.9. The lowest BCUT2D eigenvalue weighted by Crippen LogP contribution is -2.43. The number of rotatable bonds is 10. The molecule has 6 heteroatoms. The molecule has 6 nitrogen and oxygen atoms in total. The van der Waals surface area contributed by atoms with Crippen LogP contribution >= 0.6 is 0 Å². The molecule has 0 heterocycles. The molecule has 1 atom stereocenters. The van der Waals surface area contributed by atoms with Crippen molar-refractivity contribution in [3.8, 4) is 0 Å². The fourth-order valence-corrected chi connectivity index (χ4v) is 2.83. The number of amides is 2. The average molecular weight is 369 g/mol. The molecule has 0 radical (unpaired) electrons. The van der Waals surface area contributed by atoms with E-state index in [0.717, 1.165) is 32.4 Å². The van der Waals surface area contributed by atoms with Gasteiger partial charge >= 0.3 is 12.2 Å². The van der Waals surface area contributed by atoms with Crippen LogP contribution in [0.4, 0.5) is 9.59 Å². The Bertz CT molecular complexity index is 453. The number of nitrogens with zero attached hydrogens (tertiary/aromatic N) is 1. The van der Waals surface area contributed by atoms with Crippen LogP contribution in [0.2, 0.25) is 0 Å². The molecule has 0 aliphatic heterocycles. The highest BCUT2D eigenvalue weighted by Crippen LogP contribution is 2.34. The van der Waals surface area contributed by atoms with Gasteiger partial charge in [0.25, 0.3) is 0 Å². The van der Waals surface area contributed by atoms with E-state index >= 15 is 0 Å². The molecule has 0 saturated heterocycles. The van der Waals surface area contributed by atoms with E-state index in [-0.39, 0.29) is 18.7 Å². The maximum absolute atomic E-state index is 12.5. The van der Waals surface area contributed by atoms with Crippen LogP contribution in [0.25, 0.3) is 0 Å². The fraction of sp³-hybridized carbons (Fsp3) is 0.900. The van der Waals surface area contributed by atoms with Gasteiger partial charge in [0.15, 0.2) is 0 Å². The summed E-state index contributed by atoms with van der Waals surface area (Å²) in [5.74, 6) is 1.30. The maximum Gasteiger partial charge on any atom is 0.409 e. The second-order valence-electron chi connectivity index (χ2n) is 8.85. The van der Waals surface area contributed by atoms with Crippen LogP contribution in [-0.4, -0.2) is 48.4 Å². The normalized spacial score (nSPS) is 18.2. The quantitative estimate of drug-likeness (QED) is 0.623. The number of alkyl carbamates (subject to hydrolysis) is 1. The second-order valence-corrected chi connectivity index (χ2v) is 8.85. The third-order valence-electron chi connectivity index (χ3n) is 4.64. The molecule has 0 spiro atoms. The number of carbonyl (C=O) groups is 2. The third kappa shape index (κ3) is 8.77. The summed E-state index contributed by atoms with van der Waals surface area (Å²) < 4.78 is 10.9. The average Bonchev–Trinajstić information content (AvgIpc) is 3.42. The van der Waals surface area contributed by atoms with Crippen molar-refractivity contribution in [1.82, 2.24) is 10.2 Å². The Morgan fingerprint density at radius 1 is 1.12 bits per heavy atom. The monoisotopic (exact) mass is 368 g/mol. The molecule has 2 saturated carbocycles. The van der Waals surface area contributed by atoms with Crippen molar-refractivity contribution in [3.63, 3.8) is 0 Å². The molecule has 0 aromatic rings. The van der Waals surface area contributed by atoms with Crippen molar-refractivity contribution in [2.24, 2.45) is 11.8 Å².